The van der Waals surface area contributed by atoms with Crippen molar-refractivity contribution in [2.24, 2.45) is 10.6 Å². The van der Waals surface area contributed by atoms with E-state index in [9.17, 15) is 29.1 Å². The molecule has 12 nitrogen and oxygen atoms in total. The van der Waals surface area contributed by atoms with E-state index in [0.29, 0.717) is 42.8 Å². The number of oxime groups is 1. The molecule has 2 heterocycles. The molecule has 2 aliphatic carbocycles. The van der Waals surface area contributed by atoms with Crippen LogP contribution in [-0.2, 0) is 28.8 Å². The van der Waals surface area contributed by atoms with Gasteiger partial charge in [0.2, 0.25) is 17.6 Å². The molecule has 1 aromatic carbocycles. The maximum absolute atomic E-state index is 14.5. The Kier molecular flexibility index (Phi) is 10.0. The van der Waals surface area contributed by atoms with Crippen molar-refractivity contribution >= 4 is 46.7 Å². The van der Waals surface area contributed by atoms with E-state index in [-0.39, 0.29) is 31.8 Å². The summed E-state index contributed by atoms with van der Waals surface area (Å²) < 4.78 is 0. The lowest BCUT2D eigenvalue weighted by Crippen LogP contribution is -2.61. The first-order chi connectivity index (χ1) is 22.1. The van der Waals surface area contributed by atoms with Crippen LogP contribution in [0.5, 0.6) is 0 Å². The van der Waals surface area contributed by atoms with Crippen molar-refractivity contribution < 1.29 is 33.9 Å². The maximum atomic E-state index is 14.5. The van der Waals surface area contributed by atoms with E-state index in [4.69, 9.17) is 16.4 Å². The van der Waals surface area contributed by atoms with Crippen LogP contribution in [0.2, 0.25) is 5.02 Å². The zero-order chi connectivity index (χ0) is 34.1. The van der Waals surface area contributed by atoms with Crippen molar-refractivity contribution in [1.29, 1.82) is 0 Å². The van der Waals surface area contributed by atoms with Gasteiger partial charge in [-0.2, -0.15) is 0 Å². The summed E-state index contributed by atoms with van der Waals surface area (Å²) in [4.78, 5) is 75.1. The number of likely N-dealkylation sites (tertiary alicyclic amines) is 1. The molecule has 0 radical (unpaired) electrons. The summed E-state index contributed by atoms with van der Waals surface area (Å²) >= 11 is 6.22. The van der Waals surface area contributed by atoms with Crippen LogP contribution in [0.15, 0.2) is 29.4 Å². The van der Waals surface area contributed by atoms with Gasteiger partial charge in [-0.25, -0.2) is 0 Å². The quantitative estimate of drug-likeness (QED) is 0.263. The zero-order valence-electron chi connectivity index (χ0n) is 27.6. The fourth-order valence-electron chi connectivity index (χ4n) is 6.69. The summed E-state index contributed by atoms with van der Waals surface area (Å²) in [6.07, 6.45) is 4.77. The molecular formula is C34H46ClN5O7. The maximum Gasteiger partial charge on any atom is 0.289 e. The van der Waals surface area contributed by atoms with Gasteiger partial charge in [0.15, 0.2) is 5.60 Å². The number of amides is 4. The molecular weight excluding hydrogens is 626 g/mol. The van der Waals surface area contributed by atoms with Gasteiger partial charge >= 0.3 is 0 Å². The second-order valence-corrected chi connectivity index (χ2v) is 15.1. The Bertz CT molecular complexity index is 1450. The summed E-state index contributed by atoms with van der Waals surface area (Å²) in [6.45, 7) is 7.24. The smallest absolute Gasteiger partial charge is 0.289 e. The van der Waals surface area contributed by atoms with E-state index >= 15 is 0 Å². The third-order valence-corrected chi connectivity index (χ3v) is 9.81. The predicted molar refractivity (Wildman–Crippen MR) is 174 cm³/mol. The predicted octanol–water partition coefficient (Wildman–Crippen LogP) is 2.77. The highest BCUT2D eigenvalue weighted by Crippen LogP contribution is 2.40. The first kappa shape index (κ1) is 34.8. The molecule has 1 saturated heterocycles. The molecule has 4 atom stereocenters. The number of rotatable bonds is 11. The molecule has 0 unspecified atom stereocenters. The Balaban J connectivity index is 1.41. The van der Waals surface area contributed by atoms with Crippen molar-refractivity contribution in [1.82, 2.24) is 20.9 Å². The van der Waals surface area contributed by atoms with Gasteiger partial charge in [-0.1, -0.05) is 63.0 Å². The Hall–Kier alpha value is -3.51. The minimum Gasteiger partial charge on any atom is -0.387 e. The fraction of sp³-hybridized carbons (Fsp3) is 0.647. The van der Waals surface area contributed by atoms with Crippen molar-refractivity contribution in [3.8, 4) is 0 Å². The third-order valence-electron chi connectivity index (χ3n) is 9.57. The third kappa shape index (κ3) is 7.80. The Morgan fingerprint density at radius 1 is 1.13 bits per heavy atom. The minimum atomic E-state index is -1.56. The molecule has 47 heavy (non-hydrogen) atoms. The topological polar surface area (TPSA) is 166 Å². The second-order valence-electron chi connectivity index (χ2n) is 14.7. The number of aliphatic hydroxyl groups is 1. The summed E-state index contributed by atoms with van der Waals surface area (Å²) in [5.74, 6) is -3.20. The molecule has 4 amide bonds. The molecule has 0 aromatic heterocycles. The molecule has 2 saturated carbocycles. The summed E-state index contributed by atoms with van der Waals surface area (Å²) in [5, 5.41) is 24.1. The Labute approximate surface area is 280 Å². The van der Waals surface area contributed by atoms with Gasteiger partial charge in [0, 0.05) is 29.5 Å². The molecule has 2 aliphatic heterocycles. The fourth-order valence-corrected chi connectivity index (χ4v) is 6.88. The van der Waals surface area contributed by atoms with Crippen LogP contribution in [0, 0.1) is 5.41 Å². The number of ketones is 1. The number of halogens is 1. The summed E-state index contributed by atoms with van der Waals surface area (Å²) in [7, 11) is 0. The van der Waals surface area contributed by atoms with Crippen molar-refractivity contribution in [3.63, 3.8) is 0 Å². The highest BCUT2D eigenvalue weighted by Gasteiger charge is 2.56. The number of nitrogens with zero attached hydrogens (tertiary/aromatic N) is 2. The van der Waals surface area contributed by atoms with Crippen LogP contribution in [0.25, 0.3) is 0 Å². The lowest BCUT2D eigenvalue weighted by molar-refractivity contribution is -0.149. The Morgan fingerprint density at radius 3 is 2.45 bits per heavy atom. The number of carbonyl (C=O) groups is 5. The monoisotopic (exact) mass is 671 g/mol. The van der Waals surface area contributed by atoms with E-state index < -0.39 is 64.2 Å². The first-order valence-corrected chi connectivity index (χ1v) is 17.0. The number of Topliss-reactive ketones (excluding diaryl/α,β-unsaturated/α-hetero) is 1. The zero-order valence-corrected chi connectivity index (χ0v) is 28.3. The molecule has 3 fully saturated rings. The standard InChI is InChI=1S/C34H46ClN5O7/c1-5-9-23(26(41)29(43)36-22-12-13-22)37-28(42)25-18-33(17-24(39-47-33)20-10-8-11-21(35)16-20)19-40(25)30(44)27(32(2,3)4)38-31(45)34(46)14-6-7-15-34/h8,10-11,16,22-23,25,27,46H,5-7,9,12-15,17-19H2,1-4H3,(H,36,43)(H,37,42)(H,38,45)/t23-,25-,27+,33+/m0/s1. The average Bonchev–Trinajstić information content (AvgIpc) is 3.38. The second kappa shape index (κ2) is 13.5. The Morgan fingerprint density at radius 2 is 1.83 bits per heavy atom. The molecule has 5 rings (SSSR count). The van der Waals surface area contributed by atoms with Gasteiger partial charge < -0.3 is 30.8 Å². The van der Waals surface area contributed by atoms with Crippen LogP contribution in [-0.4, -0.2) is 87.0 Å². The molecule has 4 N–H and O–H groups in total. The van der Waals surface area contributed by atoms with Crippen LogP contribution < -0.4 is 16.0 Å². The van der Waals surface area contributed by atoms with Gasteiger partial charge in [0.25, 0.3) is 11.8 Å². The van der Waals surface area contributed by atoms with E-state index in [0.717, 1.165) is 18.4 Å². The first-order valence-electron chi connectivity index (χ1n) is 16.6. The van der Waals surface area contributed by atoms with Crippen LogP contribution >= 0.6 is 11.6 Å². The lowest BCUT2D eigenvalue weighted by Gasteiger charge is -2.37. The van der Waals surface area contributed by atoms with Crippen LogP contribution in [0.1, 0.15) is 97.5 Å². The van der Waals surface area contributed by atoms with E-state index in [2.05, 4.69) is 21.1 Å². The number of benzene rings is 1. The number of hydrogen-bond donors (Lipinski definition) is 4. The molecule has 0 bridgehead atoms. The van der Waals surface area contributed by atoms with E-state index in [1.165, 1.54) is 4.90 Å². The molecule has 1 aromatic rings. The van der Waals surface area contributed by atoms with E-state index in [1.807, 2.05) is 13.0 Å². The largest absolute Gasteiger partial charge is 0.387 e. The van der Waals surface area contributed by atoms with Crippen LogP contribution in [0.3, 0.4) is 0 Å². The summed E-state index contributed by atoms with van der Waals surface area (Å²) in [6, 6.07) is 3.88. The van der Waals surface area contributed by atoms with Crippen LogP contribution in [0.4, 0.5) is 0 Å². The molecule has 256 valence electrons. The van der Waals surface area contributed by atoms with E-state index in [1.54, 1.807) is 39.0 Å². The highest BCUT2D eigenvalue weighted by molar-refractivity contribution is 6.38. The van der Waals surface area contributed by atoms with Gasteiger partial charge in [0.05, 0.1) is 18.3 Å². The number of carbonyl (C=O) groups excluding carboxylic acids is 5. The highest BCUT2D eigenvalue weighted by atomic mass is 35.5. The number of hydrogen-bond acceptors (Lipinski definition) is 8. The summed E-state index contributed by atoms with van der Waals surface area (Å²) in [5.41, 5.74) is -2.05. The van der Waals surface area contributed by atoms with Gasteiger partial charge in [-0.15, -0.1) is 0 Å². The van der Waals surface area contributed by atoms with Gasteiger partial charge in [-0.05, 0) is 62.5 Å². The normalized spacial score (nSPS) is 24.7. The van der Waals surface area contributed by atoms with Crippen molar-refractivity contribution in [3.05, 3.63) is 34.9 Å². The average molecular weight is 672 g/mol. The lowest BCUT2D eigenvalue weighted by atomic mass is 9.84. The number of nitrogens with one attached hydrogen (secondary N) is 3. The van der Waals surface area contributed by atoms with Gasteiger partial charge in [-0.3, -0.25) is 24.0 Å². The SMILES string of the molecule is CCC[C@H](NC(=O)[C@@H]1C[C@]2(CC(c3cccc(Cl)c3)=NO2)CN1C(=O)[C@@H](NC(=O)C1(O)CCCC1)C(C)(C)C)C(=O)C(=O)NC1CC1. The van der Waals surface area contributed by atoms with Crippen molar-refractivity contribution in [2.45, 2.75) is 127 Å². The molecule has 1 spiro atoms. The minimum absolute atomic E-state index is 0.0151. The molecule has 4 aliphatic rings. The van der Waals surface area contributed by atoms with Gasteiger partial charge in [0.1, 0.15) is 17.7 Å². The van der Waals surface area contributed by atoms with Crippen molar-refractivity contribution in [2.75, 3.05) is 6.54 Å². The molecule has 13 heteroatoms.